The van der Waals surface area contributed by atoms with E-state index in [9.17, 15) is 4.79 Å². The number of Topliss-reactive ketones (excluding diaryl/α,β-unsaturated/α-hetero) is 1. The molecule has 1 rings (SSSR count). The van der Waals surface area contributed by atoms with Gasteiger partial charge in [0.25, 0.3) is 0 Å². The van der Waals surface area contributed by atoms with Gasteiger partial charge in [-0.05, 0) is 0 Å². The number of carbonyl (C=O) groups excluding carboxylic acids is 1. The fraction of sp³-hybridized carbons (Fsp3) is 0.143. The highest BCUT2D eigenvalue weighted by Crippen LogP contribution is 1.99. The number of aromatic amines is 1. The van der Waals surface area contributed by atoms with Crippen molar-refractivity contribution >= 4 is 11.9 Å². The first kappa shape index (κ1) is 7.53. The van der Waals surface area contributed by atoms with Gasteiger partial charge in [-0.3, -0.25) is 4.79 Å². The number of H-pyrrole nitrogens is 1. The summed E-state index contributed by atoms with van der Waals surface area (Å²) in [5.41, 5.74) is 0.609. The maximum Gasteiger partial charge on any atom is 0.194 e. The largest absolute Gasteiger partial charge is 0.504 e. The summed E-state index contributed by atoms with van der Waals surface area (Å²) in [4.78, 5) is 17.0. The number of aromatic nitrogens is 2. The monoisotopic (exact) mass is 152 g/mol. The third-order valence-corrected chi connectivity index (χ3v) is 1.17. The number of carbonyl (C=O) groups is 1. The second kappa shape index (κ2) is 3.01. The first-order chi connectivity index (χ1) is 5.20. The Balaban J connectivity index is 2.82. The lowest BCUT2D eigenvalue weighted by molar-refractivity contribution is -0.115. The predicted octanol–water partition coefficient (Wildman–Crippen LogP) is 0.898. The van der Waals surface area contributed by atoms with E-state index in [0.29, 0.717) is 5.69 Å². The van der Waals surface area contributed by atoms with Gasteiger partial charge >= 0.3 is 0 Å². The summed E-state index contributed by atoms with van der Waals surface area (Å²) in [5, 5.41) is 8.96. The lowest BCUT2D eigenvalue weighted by Crippen LogP contribution is -1.93. The van der Waals surface area contributed by atoms with Gasteiger partial charge in [0.1, 0.15) is 0 Å². The Morgan fingerprint density at radius 1 is 1.82 bits per heavy atom. The fourth-order valence-electron chi connectivity index (χ4n) is 0.594. The van der Waals surface area contributed by atoms with Crippen LogP contribution in [0.1, 0.15) is 12.6 Å². The molecule has 0 aliphatic heterocycles. The molecule has 2 N–H and O–H groups in total. The number of aliphatic hydroxyl groups excluding tert-OH is 1. The van der Waals surface area contributed by atoms with Crippen molar-refractivity contribution in [3.05, 3.63) is 24.0 Å². The Bertz CT molecular complexity index is 275. The Morgan fingerprint density at radius 2 is 2.55 bits per heavy atom. The molecule has 0 radical (unpaired) electrons. The topological polar surface area (TPSA) is 66.0 Å². The molecule has 0 aliphatic carbocycles. The normalized spacial score (nSPS) is 11.5. The van der Waals surface area contributed by atoms with Crippen molar-refractivity contribution in [2.45, 2.75) is 6.92 Å². The van der Waals surface area contributed by atoms with Gasteiger partial charge in [0.15, 0.2) is 11.5 Å². The Hall–Kier alpha value is -1.58. The van der Waals surface area contributed by atoms with Crippen LogP contribution in [0, 0.1) is 0 Å². The lowest BCUT2D eigenvalue weighted by atomic mass is 10.3. The van der Waals surface area contributed by atoms with Crippen LogP contribution in [-0.4, -0.2) is 20.9 Å². The highest BCUT2D eigenvalue weighted by Gasteiger charge is 1.99. The number of imidazole rings is 1. The van der Waals surface area contributed by atoms with E-state index < -0.39 is 0 Å². The molecular weight excluding hydrogens is 144 g/mol. The molecule has 0 saturated carbocycles. The van der Waals surface area contributed by atoms with E-state index in [-0.39, 0.29) is 11.5 Å². The molecule has 0 fully saturated rings. The first-order valence-electron chi connectivity index (χ1n) is 3.10. The van der Waals surface area contributed by atoms with E-state index in [2.05, 4.69) is 9.97 Å². The molecule has 11 heavy (non-hydrogen) atoms. The third kappa shape index (κ3) is 1.93. The molecule has 4 nitrogen and oxygen atoms in total. The van der Waals surface area contributed by atoms with Crippen LogP contribution in [0.5, 0.6) is 0 Å². The maximum atomic E-state index is 10.5. The molecule has 0 unspecified atom stereocenters. The quantitative estimate of drug-likeness (QED) is 0.488. The number of nitrogens with zero attached hydrogens (tertiary/aromatic N) is 1. The van der Waals surface area contributed by atoms with E-state index in [1.54, 1.807) is 0 Å². The second-order valence-corrected chi connectivity index (χ2v) is 2.09. The van der Waals surface area contributed by atoms with Gasteiger partial charge in [-0.25, -0.2) is 4.98 Å². The number of hydrogen-bond acceptors (Lipinski definition) is 3. The summed E-state index contributed by atoms with van der Waals surface area (Å²) in [5.74, 6) is -0.631. The lowest BCUT2D eigenvalue weighted by Gasteiger charge is -1.89. The number of nitrogens with one attached hydrogen (secondary N) is 1. The van der Waals surface area contributed by atoms with Crippen molar-refractivity contribution in [2.75, 3.05) is 0 Å². The average molecular weight is 152 g/mol. The second-order valence-electron chi connectivity index (χ2n) is 2.09. The van der Waals surface area contributed by atoms with Crippen molar-refractivity contribution in [2.24, 2.45) is 0 Å². The molecule has 0 spiro atoms. The van der Waals surface area contributed by atoms with Crippen LogP contribution in [-0.2, 0) is 4.79 Å². The standard InChI is InChI=1S/C7H8N2O2/c1-5(10)7(11)2-6-3-8-4-9-6/h2-4,11H,1H3,(H,8,9). The molecule has 1 heterocycles. The van der Waals surface area contributed by atoms with Crippen molar-refractivity contribution in [3.8, 4) is 0 Å². The van der Waals surface area contributed by atoms with Crippen LogP contribution in [0.3, 0.4) is 0 Å². The molecule has 0 aliphatic rings. The highest BCUT2D eigenvalue weighted by atomic mass is 16.3. The van der Waals surface area contributed by atoms with E-state index >= 15 is 0 Å². The molecule has 4 heteroatoms. The smallest absolute Gasteiger partial charge is 0.194 e. The summed E-state index contributed by atoms with van der Waals surface area (Å²) < 4.78 is 0. The molecular formula is C7H8N2O2. The van der Waals surface area contributed by atoms with Gasteiger partial charge in [-0.15, -0.1) is 0 Å². The Morgan fingerprint density at radius 3 is 3.00 bits per heavy atom. The van der Waals surface area contributed by atoms with E-state index in [1.807, 2.05) is 0 Å². The van der Waals surface area contributed by atoms with Crippen molar-refractivity contribution < 1.29 is 9.90 Å². The zero-order valence-corrected chi connectivity index (χ0v) is 6.03. The van der Waals surface area contributed by atoms with Crippen LogP contribution >= 0.6 is 0 Å². The predicted molar refractivity (Wildman–Crippen MR) is 39.9 cm³/mol. The van der Waals surface area contributed by atoms with Gasteiger partial charge in [-0.2, -0.15) is 0 Å². The number of ketones is 1. The molecule has 0 atom stereocenters. The molecule has 0 saturated heterocycles. The number of aliphatic hydroxyl groups is 1. The van der Waals surface area contributed by atoms with Crippen LogP contribution in [0.25, 0.3) is 6.08 Å². The summed E-state index contributed by atoms with van der Waals surface area (Å²) in [6.07, 6.45) is 4.31. The number of hydrogen-bond donors (Lipinski definition) is 2. The van der Waals surface area contributed by atoms with Crippen LogP contribution < -0.4 is 0 Å². The van der Waals surface area contributed by atoms with E-state index in [0.717, 1.165) is 0 Å². The zero-order valence-electron chi connectivity index (χ0n) is 6.03. The zero-order chi connectivity index (χ0) is 8.27. The summed E-state index contributed by atoms with van der Waals surface area (Å²) in [6.45, 7) is 1.29. The SMILES string of the molecule is CC(=O)C(O)=Cc1cnc[nH]1. The number of allylic oxidation sites excluding steroid dienone is 1. The van der Waals surface area contributed by atoms with Crippen LogP contribution in [0.15, 0.2) is 18.3 Å². The highest BCUT2D eigenvalue weighted by molar-refractivity contribution is 5.94. The van der Waals surface area contributed by atoms with Crippen molar-refractivity contribution in [1.82, 2.24) is 9.97 Å². The summed E-state index contributed by atoms with van der Waals surface area (Å²) in [7, 11) is 0. The molecule has 0 aromatic carbocycles. The average Bonchev–Trinajstić information content (AvgIpc) is 2.39. The summed E-state index contributed by atoms with van der Waals surface area (Å²) in [6, 6.07) is 0. The van der Waals surface area contributed by atoms with Crippen LogP contribution in [0.4, 0.5) is 0 Å². The minimum Gasteiger partial charge on any atom is -0.504 e. The molecule has 0 amide bonds. The van der Waals surface area contributed by atoms with Gasteiger partial charge in [-0.1, -0.05) is 0 Å². The Labute approximate surface area is 63.6 Å². The molecule has 58 valence electrons. The minimum atomic E-state index is -0.361. The van der Waals surface area contributed by atoms with Gasteiger partial charge in [0.2, 0.25) is 0 Å². The molecule has 1 aromatic rings. The van der Waals surface area contributed by atoms with Crippen LogP contribution in [0.2, 0.25) is 0 Å². The van der Waals surface area contributed by atoms with Gasteiger partial charge in [0, 0.05) is 13.0 Å². The number of rotatable bonds is 2. The molecule has 1 aromatic heterocycles. The van der Waals surface area contributed by atoms with E-state index in [4.69, 9.17) is 5.11 Å². The molecule has 0 bridgehead atoms. The van der Waals surface area contributed by atoms with Crippen molar-refractivity contribution in [1.29, 1.82) is 0 Å². The minimum absolute atomic E-state index is 0.269. The first-order valence-corrected chi connectivity index (χ1v) is 3.10. The fourth-order valence-corrected chi connectivity index (χ4v) is 0.594. The maximum absolute atomic E-state index is 10.5. The Kier molecular flexibility index (Phi) is 2.06. The third-order valence-electron chi connectivity index (χ3n) is 1.17. The van der Waals surface area contributed by atoms with Gasteiger partial charge < -0.3 is 10.1 Å². The van der Waals surface area contributed by atoms with E-state index in [1.165, 1.54) is 25.5 Å². The van der Waals surface area contributed by atoms with Crippen molar-refractivity contribution in [3.63, 3.8) is 0 Å². The van der Waals surface area contributed by atoms with Gasteiger partial charge in [0.05, 0.1) is 18.2 Å². The summed E-state index contributed by atoms with van der Waals surface area (Å²) >= 11 is 0.